The SMILES string of the molecule is CC.CC(C)C(=O)NNS(O)(O)C1(C(C)C)CC1. The monoisotopic (exact) mass is 280 g/mol. The Kier molecular flexibility index (Phi) is 6.63. The van der Waals surface area contributed by atoms with Crippen LogP contribution in [-0.2, 0) is 4.79 Å². The van der Waals surface area contributed by atoms with E-state index in [-0.39, 0.29) is 17.7 Å². The third-order valence-electron chi connectivity index (χ3n) is 3.20. The molecule has 1 saturated carbocycles. The average molecular weight is 280 g/mol. The molecule has 5 nitrogen and oxygen atoms in total. The molecule has 1 aliphatic carbocycles. The molecule has 4 N–H and O–H groups in total. The summed E-state index contributed by atoms with van der Waals surface area (Å²) in [7, 11) is -2.96. The summed E-state index contributed by atoms with van der Waals surface area (Å²) in [6, 6.07) is 0. The van der Waals surface area contributed by atoms with E-state index in [0.717, 1.165) is 12.8 Å². The lowest BCUT2D eigenvalue weighted by Gasteiger charge is -2.43. The first kappa shape index (κ1) is 17.7. The highest BCUT2D eigenvalue weighted by Gasteiger charge is 2.56. The van der Waals surface area contributed by atoms with Crippen LogP contribution in [0.2, 0.25) is 0 Å². The van der Waals surface area contributed by atoms with Crippen LogP contribution in [0.15, 0.2) is 0 Å². The molecule has 110 valence electrons. The Morgan fingerprint density at radius 1 is 1.17 bits per heavy atom. The van der Waals surface area contributed by atoms with Gasteiger partial charge in [0.05, 0.1) is 4.75 Å². The van der Waals surface area contributed by atoms with E-state index in [1.807, 2.05) is 27.7 Å². The fourth-order valence-electron chi connectivity index (χ4n) is 1.68. The van der Waals surface area contributed by atoms with Crippen LogP contribution in [0.3, 0.4) is 0 Å². The second-order valence-electron chi connectivity index (χ2n) is 5.01. The van der Waals surface area contributed by atoms with Crippen LogP contribution in [0, 0.1) is 11.8 Å². The molecule has 0 bridgehead atoms. The molecule has 1 fully saturated rings. The average Bonchev–Trinajstić information content (AvgIpc) is 3.09. The van der Waals surface area contributed by atoms with Crippen LogP contribution >= 0.6 is 10.8 Å². The van der Waals surface area contributed by atoms with Crippen molar-refractivity contribution in [3.05, 3.63) is 0 Å². The molecule has 18 heavy (non-hydrogen) atoms. The molecule has 1 aliphatic rings. The quantitative estimate of drug-likeness (QED) is 0.583. The van der Waals surface area contributed by atoms with Crippen molar-refractivity contribution in [2.45, 2.75) is 59.1 Å². The zero-order valence-electron chi connectivity index (χ0n) is 12.3. The highest BCUT2D eigenvalue weighted by Crippen LogP contribution is 2.66. The van der Waals surface area contributed by atoms with Gasteiger partial charge in [-0.25, -0.2) is 0 Å². The fourth-order valence-corrected chi connectivity index (χ4v) is 3.46. The summed E-state index contributed by atoms with van der Waals surface area (Å²) >= 11 is 0. The van der Waals surface area contributed by atoms with Gasteiger partial charge < -0.3 is 0 Å². The van der Waals surface area contributed by atoms with Crippen molar-refractivity contribution in [2.75, 3.05) is 0 Å². The summed E-state index contributed by atoms with van der Waals surface area (Å²) in [5.74, 6) is -0.239. The molecule has 6 heteroatoms. The first-order valence-corrected chi connectivity index (χ1v) is 8.12. The highest BCUT2D eigenvalue weighted by atomic mass is 32.3. The standard InChI is InChI=1S/C10H22N2O3S.C2H6/c1-7(2)9(13)11-12-16(14,15)10(5-6-10)8(3)4;1-2/h7-8,12,14-15H,5-6H2,1-4H3,(H,11,13);1-2H3. The lowest BCUT2D eigenvalue weighted by molar-refractivity contribution is -0.124. The van der Waals surface area contributed by atoms with Crippen LogP contribution < -0.4 is 10.3 Å². The zero-order valence-corrected chi connectivity index (χ0v) is 13.1. The number of hydrogen-bond acceptors (Lipinski definition) is 4. The van der Waals surface area contributed by atoms with E-state index in [2.05, 4.69) is 10.3 Å². The maximum absolute atomic E-state index is 11.3. The second kappa shape index (κ2) is 6.75. The fraction of sp³-hybridized carbons (Fsp3) is 0.917. The Hall–Kier alpha value is -0.300. The molecular weight excluding hydrogens is 252 g/mol. The van der Waals surface area contributed by atoms with Gasteiger partial charge in [0.1, 0.15) is 0 Å². The molecule has 0 heterocycles. The molecular formula is C12H28N2O3S. The molecule has 0 saturated heterocycles. The van der Waals surface area contributed by atoms with Crippen molar-refractivity contribution in [1.29, 1.82) is 0 Å². The van der Waals surface area contributed by atoms with Crippen LogP contribution in [0.1, 0.15) is 54.4 Å². The van der Waals surface area contributed by atoms with Gasteiger partial charge >= 0.3 is 0 Å². The second-order valence-corrected chi connectivity index (χ2v) is 7.13. The van der Waals surface area contributed by atoms with Gasteiger partial charge in [0, 0.05) is 5.92 Å². The van der Waals surface area contributed by atoms with Crippen molar-refractivity contribution in [3.8, 4) is 0 Å². The number of rotatable bonds is 5. The third kappa shape index (κ3) is 3.85. The number of hydrazine groups is 1. The van der Waals surface area contributed by atoms with E-state index >= 15 is 0 Å². The van der Waals surface area contributed by atoms with Crippen molar-refractivity contribution < 1.29 is 13.9 Å². The summed E-state index contributed by atoms with van der Waals surface area (Å²) in [4.78, 5) is 13.7. The lowest BCUT2D eigenvalue weighted by atomic mass is 10.1. The molecule has 0 aromatic heterocycles. The molecule has 0 atom stereocenters. The number of carbonyl (C=O) groups is 1. The van der Waals surface area contributed by atoms with Crippen molar-refractivity contribution in [2.24, 2.45) is 11.8 Å². The zero-order chi connectivity index (χ0) is 14.6. The van der Waals surface area contributed by atoms with Gasteiger partial charge in [-0.1, -0.05) is 41.5 Å². The van der Waals surface area contributed by atoms with E-state index in [4.69, 9.17) is 0 Å². The molecule has 0 aromatic carbocycles. The number of nitrogens with one attached hydrogen (secondary N) is 2. The molecule has 0 radical (unpaired) electrons. The normalized spacial score (nSPS) is 18.1. The van der Waals surface area contributed by atoms with Crippen molar-refractivity contribution in [1.82, 2.24) is 10.3 Å². The first-order chi connectivity index (χ1) is 8.23. The minimum Gasteiger partial charge on any atom is -0.284 e. The van der Waals surface area contributed by atoms with E-state index in [1.54, 1.807) is 13.8 Å². The molecule has 0 spiro atoms. The third-order valence-corrected chi connectivity index (χ3v) is 5.60. The molecule has 0 unspecified atom stereocenters. The smallest absolute Gasteiger partial charge is 0.237 e. The Morgan fingerprint density at radius 2 is 1.61 bits per heavy atom. The molecule has 0 aliphatic heterocycles. The summed E-state index contributed by atoms with van der Waals surface area (Å²) < 4.78 is 19.6. The van der Waals surface area contributed by atoms with E-state index in [1.165, 1.54) is 0 Å². The Morgan fingerprint density at radius 3 is 1.89 bits per heavy atom. The van der Waals surface area contributed by atoms with Crippen LogP contribution in [0.4, 0.5) is 0 Å². The Labute approximate surface area is 112 Å². The number of carbonyl (C=O) groups excluding carboxylic acids is 1. The van der Waals surface area contributed by atoms with Crippen LogP contribution in [0.5, 0.6) is 0 Å². The molecule has 0 aromatic rings. The molecule has 1 amide bonds. The largest absolute Gasteiger partial charge is 0.284 e. The van der Waals surface area contributed by atoms with Crippen LogP contribution in [-0.4, -0.2) is 19.8 Å². The van der Waals surface area contributed by atoms with E-state index in [9.17, 15) is 13.9 Å². The van der Waals surface area contributed by atoms with E-state index in [0.29, 0.717) is 0 Å². The topological polar surface area (TPSA) is 81.6 Å². The van der Waals surface area contributed by atoms with Gasteiger partial charge in [0.25, 0.3) is 0 Å². The first-order valence-electron chi connectivity index (χ1n) is 6.57. The lowest BCUT2D eigenvalue weighted by Crippen LogP contribution is -2.46. The summed E-state index contributed by atoms with van der Waals surface area (Å²) in [5, 5.41) is 0. The van der Waals surface area contributed by atoms with Gasteiger partial charge in [-0.3, -0.25) is 19.3 Å². The maximum atomic E-state index is 11.3. The van der Waals surface area contributed by atoms with Gasteiger partial charge in [0.2, 0.25) is 5.91 Å². The Bertz CT molecular complexity index is 276. The highest BCUT2D eigenvalue weighted by molar-refractivity contribution is 8.24. The van der Waals surface area contributed by atoms with Crippen LogP contribution in [0.25, 0.3) is 0 Å². The van der Waals surface area contributed by atoms with Crippen molar-refractivity contribution in [3.63, 3.8) is 0 Å². The van der Waals surface area contributed by atoms with Crippen molar-refractivity contribution >= 4 is 16.7 Å². The Balaban J connectivity index is 0.00000137. The predicted octanol–water partition coefficient (Wildman–Crippen LogP) is 3.14. The summed E-state index contributed by atoms with van der Waals surface area (Å²) in [5.41, 5.74) is 2.37. The molecule has 1 rings (SSSR count). The summed E-state index contributed by atoms with van der Waals surface area (Å²) in [6.45, 7) is 11.4. The minimum atomic E-state index is -2.96. The number of amides is 1. The predicted molar refractivity (Wildman–Crippen MR) is 77.1 cm³/mol. The van der Waals surface area contributed by atoms with Gasteiger partial charge in [-0.2, -0.15) is 0 Å². The van der Waals surface area contributed by atoms with Gasteiger partial charge in [-0.05, 0) is 18.8 Å². The minimum absolute atomic E-state index is 0.181. The maximum Gasteiger partial charge on any atom is 0.237 e. The number of hydrogen-bond donors (Lipinski definition) is 4. The summed E-state index contributed by atoms with van der Waals surface area (Å²) in [6.07, 6.45) is 1.58. The van der Waals surface area contributed by atoms with Gasteiger partial charge in [-0.15, -0.1) is 15.6 Å². The van der Waals surface area contributed by atoms with E-state index < -0.39 is 15.5 Å². The van der Waals surface area contributed by atoms with Gasteiger partial charge in [0.15, 0.2) is 0 Å².